The first kappa shape index (κ1) is 14.8. The van der Waals surface area contributed by atoms with Crippen molar-refractivity contribution in [1.82, 2.24) is 20.4 Å². The third kappa shape index (κ3) is 3.10. The summed E-state index contributed by atoms with van der Waals surface area (Å²) >= 11 is 0. The number of aromatic nitrogens is 4. The molecular weight excluding hydrogens is 280 g/mol. The van der Waals surface area contributed by atoms with Crippen LogP contribution in [0.15, 0.2) is 4.42 Å². The van der Waals surface area contributed by atoms with Gasteiger partial charge in [0.25, 0.3) is 0 Å². The number of fused-ring (bicyclic) bond motifs is 1. The summed E-state index contributed by atoms with van der Waals surface area (Å²) in [5.74, 6) is 0.434. The standard InChI is InChI=1S/C12H18N6O.ClH/c13-6-11-17-18-12(19-11)14-7-10-8-4-2-1-3-5-9(8)15-16-10;/h1-7,13H2,(H,14,18)(H,15,16);1H. The Morgan fingerprint density at radius 2 is 2.05 bits per heavy atom. The molecule has 0 unspecified atom stereocenters. The molecule has 3 rings (SSSR count). The first-order chi connectivity index (χ1) is 9.36. The van der Waals surface area contributed by atoms with E-state index < -0.39 is 0 Å². The molecule has 1 aliphatic rings. The molecule has 0 fully saturated rings. The summed E-state index contributed by atoms with van der Waals surface area (Å²) in [7, 11) is 0. The highest BCUT2D eigenvalue weighted by molar-refractivity contribution is 5.85. The normalized spacial score (nSPS) is 14.2. The van der Waals surface area contributed by atoms with E-state index in [0.717, 1.165) is 18.5 Å². The molecule has 0 bridgehead atoms. The van der Waals surface area contributed by atoms with Crippen LogP contribution in [0.2, 0.25) is 0 Å². The van der Waals surface area contributed by atoms with Crippen LogP contribution in [0.3, 0.4) is 0 Å². The minimum atomic E-state index is 0. The van der Waals surface area contributed by atoms with Crippen LogP contribution in [0.1, 0.15) is 42.1 Å². The number of halogens is 1. The van der Waals surface area contributed by atoms with Crippen molar-refractivity contribution in [2.24, 2.45) is 5.73 Å². The van der Waals surface area contributed by atoms with Gasteiger partial charge in [0.15, 0.2) is 0 Å². The fraction of sp³-hybridized carbons (Fsp3) is 0.583. The third-order valence-corrected chi connectivity index (χ3v) is 3.44. The van der Waals surface area contributed by atoms with Crippen LogP contribution in [0.5, 0.6) is 0 Å². The lowest BCUT2D eigenvalue weighted by Gasteiger charge is -2.02. The average molecular weight is 299 g/mol. The molecule has 2 aromatic heterocycles. The zero-order valence-corrected chi connectivity index (χ0v) is 12.0. The molecule has 2 aromatic rings. The highest BCUT2D eigenvalue weighted by Gasteiger charge is 2.16. The lowest BCUT2D eigenvalue weighted by Crippen LogP contribution is -2.03. The number of rotatable bonds is 4. The second-order valence-corrected chi connectivity index (χ2v) is 4.75. The van der Waals surface area contributed by atoms with Crippen LogP contribution in [0, 0.1) is 0 Å². The zero-order valence-electron chi connectivity index (χ0n) is 11.2. The maximum atomic E-state index is 5.42. The van der Waals surface area contributed by atoms with Crippen molar-refractivity contribution in [2.75, 3.05) is 5.32 Å². The summed E-state index contributed by atoms with van der Waals surface area (Å²) in [5.41, 5.74) is 9.10. The summed E-state index contributed by atoms with van der Waals surface area (Å²) < 4.78 is 5.30. The molecule has 4 N–H and O–H groups in total. The molecule has 0 radical (unpaired) electrons. The van der Waals surface area contributed by atoms with Gasteiger partial charge in [0, 0.05) is 5.69 Å². The number of hydrogen-bond donors (Lipinski definition) is 3. The van der Waals surface area contributed by atoms with Crippen LogP contribution in [0.4, 0.5) is 6.01 Å². The summed E-state index contributed by atoms with van der Waals surface area (Å²) in [6.45, 7) is 0.852. The first-order valence-electron chi connectivity index (χ1n) is 6.68. The van der Waals surface area contributed by atoms with Gasteiger partial charge in [-0.05, 0) is 31.2 Å². The van der Waals surface area contributed by atoms with E-state index in [1.807, 2.05) is 0 Å². The molecule has 7 nitrogen and oxygen atoms in total. The number of nitrogens with zero attached hydrogens (tertiary/aromatic N) is 3. The summed E-state index contributed by atoms with van der Waals surface area (Å²) in [6.07, 6.45) is 5.96. The second kappa shape index (κ2) is 6.71. The highest BCUT2D eigenvalue weighted by Crippen LogP contribution is 2.22. The van der Waals surface area contributed by atoms with E-state index in [2.05, 4.69) is 25.7 Å². The molecule has 0 saturated heterocycles. The molecule has 8 heteroatoms. The lowest BCUT2D eigenvalue weighted by atomic mass is 10.1. The van der Waals surface area contributed by atoms with Crippen LogP contribution in [-0.4, -0.2) is 20.4 Å². The quantitative estimate of drug-likeness (QED) is 0.740. The Morgan fingerprint density at radius 3 is 2.85 bits per heavy atom. The van der Waals surface area contributed by atoms with Crippen LogP contribution >= 0.6 is 12.4 Å². The molecule has 0 saturated carbocycles. The Hall–Kier alpha value is -1.60. The minimum Gasteiger partial charge on any atom is -0.407 e. The van der Waals surface area contributed by atoms with Gasteiger partial charge < -0.3 is 15.5 Å². The number of aryl methyl sites for hydroxylation is 1. The fourth-order valence-corrected chi connectivity index (χ4v) is 2.44. The number of anilines is 1. The van der Waals surface area contributed by atoms with Gasteiger partial charge in [-0.15, -0.1) is 17.5 Å². The number of H-pyrrole nitrogens is 1. The molecule has 2 heterocycles. The molecule has 110 valence electrons. The zero-order chi connectivity index (χ0) is 13.1. The topological polar surface area (TPSA) is 106 Å². The van der Waals surface area contributed by atoms with Crippen molar-refractivity contribution >= 4 is 18.4 Å². The van der Waals surface area contributed by atoms with E-state index in [1.54, 1.807) is 0 Å². The number of nitrogens with two attached hydrogens (primary N) is 1. The van der Waals surface area contributed by atoms with E-state index in [9.17, 15) is 0 Å². The highest BCUT2D eigenvalue weighted by atomic mass is 35.5. The van der Waals surface area contributed by atoms with Gasteiger partial charge in [-0.2, -0.15) is 5.10 Å². The monoisotopic (exact) mass is 298 g/mol. The van der Waals surface area contributed by atoms with Gasteiger partial charge in [0.1, 0.15) is 0 Å². The first-order valence-corrected chi connectivity index (χ1v) is 6.68. The average Bonchev–Trinajstić information content (AvgIpc) is 2.97. The Labute approximate surface area is 123 Å². The van der Waals surface area contributed by atoms with Crippen molar-refractivity contribution in [3.8, 4) is 0 Å². The van der Waals surface area contributed by atoms with Gasteiger partial charge in [-0.25, -0.2) is 0 Å². The largest absolute Gasteiger partial charge is 0.407 e. The third-order valence-electron chi connectivity index (χ3n) is 3.44. The van der Waals surface area contributed by atoms with Gasteiger partial charge >= 0.3 is 6.01 Å². The van der Waals surface area contributed by atoms with Gasteiger partial charge in [-0.1, -0.05) is 11.5 Å². The molecule has 0 spiro atoms. The second-order valence-electron chi connectivity index (χ2n) is 4.75. The predicted octanol–water partition coefficient (Wildman–Crippen LogP) is 1.55. The summed E-state index contributed by atoms with van der Waals surface area (Å²) in [5, 5.41) is 18.3. The van der Waals surface area contributed by atoms with Crippen molar-refractivity contribution in [3.63, 3.8) is 0 Å². The maximum absolute atomic E-state index is 5.42. The van der Waals surface area contributed by atoms with E-state index in [0.29, 0.717) is 18.5 Å². The van der Waals surface area contributed by atoms with Gasteiger partial charge in [0.2, 0.25) is 5.89 Å². The van der Waals surface area contributed by atoms with Crippen LogP contribution in [-0.2, 0) is 25.9 Å². The van der Waals surface area contributed by atoms with Crippen LogP contribution in [0.25, 0.3) is 0 Å². The molecule has 1 aliphatic carbocycles. The van der Waals surface area contributed by atoms with E-state index >= 15 is 0 Å². The van der Waals surface area contributed by atoms with Crippen molar-refractivity contribution < 1.29 is 4.42 Å². The number of aromatic amines is 1. The Balaban J connectivity index is 0.00000147. The van der Waals surface area contributed by atoms with E-state index in [-0.39, 0.29) is 19.0 Å². The van der Waals surface area contributed by atoms with Crippen LogP contribution < -0.4 is 11.1 Å². The van der Waals surface area contributed by atoms with Gasteiger partial charge in [-0.3, -0.25) is 5.10 Å². The van der Waals surface area contributed by atoms with Crippen molar-refractivity contribution in [1.29, 1.82) is 0 Å². The summed E-state index contributed by atoms with van der Waals surface area (Å²) in [6, 6.07) is 0.394. The number of hydrogen-bond acceptors (Lipinski definition) is 6. The smallest absolute Gasteiger partial charge is 0.315 e. The van der Waals surface area contributed by atoms with Crippen molar-refractivity contribution in [3.05, 3.63) is 22.8 Å². The predicted molar refractivity (Wildman–Crippen MR) is 76.6 cm³/mol. The maximum Gasteiger partial charge on any atom is 0.315 e. The minimum absolute atomic E-state index is 0. The Bertz CT molecular complexity index is 552. The Morgan fingerprint density at radius 1 is 1.20 bits per heavy atom. The lowest BCUT2D eigenvalue weighted by molar-refractivity contribution is 0.507. The Kier molecular flexibility index (Phi) is 4.97. The molecular formula is C12H19ClN6O. The molecule has 0 atom stereocenters. The number of nitrogens with one attached hydrogen (secondary N) is 2. The van der Waals surface area contributed by atoms with Crippen molar-refractivity contribution in [2.45, 2.75) is 45.2 Å². The van der Waals surface area contributed by atoms with E-state index in [1.165, 1.54) is 30.5 Å². The van der Waals surface area contributed by atoms with Gasteiger partial charge in [0.05, 0.1) is 18.8 Å². The fourth-order valence-electron chi connectivity index (χ4n) is 2.44. The van der Waals surface area contributed by atoms with E-state index in [4.69, 9.17) is 10.2 Å². The summed E-state index contributed by atoms with van der Waals surface area (Å²) in [4.78, 5) is 0. The molecule has 20 heavy (non-hydrogen) atoms. The molecule has 0 aromatic carbocycles. The molecule has 0 amide bonds. The SMILES string of the molecule is Cl.NCc1nnc(NCc2n[nH]c3c2CCCCC3)o1. The molecule has 0 aliphatic heterocycles.